The summed E-state index contributed by atoms with van der Waals surface area (Å²) in [6, 6.07) is 9.49. The van der Waals surface area contributed by atoms with E-state index in [1.165, 1.54) is 23.1 Å². The van der Waals surface area contributed by atoms with Crippen LogP contribution in [0.2, 0.25) is 5.02 Å². The van der Waals surface area contributed by atoms with E-state index in [2.05, 4.69) is 20.2 Å². The Balaban J connectivity index is 1.84. The molecule has 0 radical (unpaired) electrons. The molecule has 0 unspecified atom stereocenters. The molecule has 106 valence electrons. The van der Waals surface area contributed by atoms with Crippen molar-refractivity contribution in [1.82, 2.24) is 20.7 Å². The van der Waals surface area contributed by atoms with Crippen molar-refractivity contribution in [3.8, 4) is 0 Å². The van der Waals surface area contributed by atoms with Gasteiger partial charge in [-0.1, -0.05) is 35.1 Å². The van der Waals surface area contributed by atoms with Crippen molar-refractivity contribution < 1.29 is 5.21 Å². The van der Waals surface area contributed by atoms with E-state index in [0.717, 1.165) is 22.3 Å². The number of benzene rings is 1. The van der Waals surface area contributed by atoms with Crippen LogP contribution in [0.1, 0.15) is 0 Å². The largest absolute Gasteiger partial charge is 0.290 e. The highest BCUT2D eigenvalue weighted by molar-refractivity contribution is 8.01. The number of hydrogen-bond acceptors (Lipinski definition) is 7. The number of hydrogen-bond donors (Lipinski definition) is 2. The Hall–Kier alpha value is -1.74. The number of rotatable bonds is 4. The first-order valence-corrected chi connectivity index (χ1v) is 7.75. The number of nitrogens with one attached hydrogen (secondary N) is 1. The molecule has 0 aliphatic rings. The van der Waals surface area contributed by atoms with Crippen LogP contribution >= 0.6 is 34.7 Å². The van der Waals surface area contributed by atoms with E-state index in [-0.39, 0.29) is 0 Å². The predicted molar refractivity (Wildman–Crippen MR) is 83.9 cm³/mol. The Bertz CT molecular complexity index is 807. The van der Waals surface area contributed by atoms with Gasteiger partial charge in [-0.2, -0.15) is 0 Å². The van der Waals surface area contributed by atoms with Crippen LogP contribution in [0.5, 0.6) is 0 Å². The topological polar surface area (TPSA) is 83.3 Å². The maximum Gasteiger partial charge on any atom is 0.233 e. The molecule has 21 heavy (non-hydrogen) atoms. The molecule has 1 aromatic carbocycles. The van der Waals surface area contributed by atoms with Crippen LogP contribution in [0.15, 0.2) is 44.7 Å². The second-order valence-electron chi connectivity index (χ2n) is 3.83. The van der Waals surface area contributed by atoms with E-state index in [4.69, 9.17) is 16.8 Å². The highest BCUT2D eigenvalue weighted by Crippen LogP contribution is 2.32. The first kappa shape index (κ1) is 14.2. The van der Waals surface area contributed by atoms with Gasteiger partial charge in [-0.3, -0.25) is 10.7 Å². The molecule has 0 saturated carbocycles. The van der Waals surface area contributed by atoms with Crippen LogP contribution in [0.3, 0.4) is 0 Å². The SMILES string of the molecule is ON/C=N/c1nnc(Sc2ccc3ccc(Cl)cc3n2)s1. The minimum Gasteiger partial charge on any atom is -0.290 e. The first-order valence-electron chi connectivity index (χ1n) is 5.74. The van der Waals surface area contributed by atoms with Gasteiger partial charge in [0.2, 0.25) is 5.13 Å². The summed E-state index contributed by atoms with van der Waals surface area (Å²) < 4.78 is 0.717. The molecule has 9 heteroatoms. The van der Waals surface area contributed by atoms with Crippen molar-refractivity contribution in [3.05, 3.63) is 35.4 Å². The minimum absolute atomic E-state index is 0.447. The lowest BCUT2D eigenvalue weighted by molar-refractivity contribution is 0.240. The van der Waals surface area contributed by atoms with Gasteiger partial charge in [-0.05, 0) is 30.0 Å². The van der Waals surface area contributed by atoms with Gasteiger partial charge in [0.25, 0.3) is 0 Å². The Morgan fingerprint density at radius 1 is 1.29 bits per heavy atom. The number of nitrogens with zero attached hydrogens (tertiary/aromatic N) is 4. The second kappa shape index (κ2) is 6.35. The third-order valence-corrected chi connectivity index (χ3v) is 4.50. The van der Waals surface area contributed by atoms with Crippen molar-refractivity contribution in [3.63, 3.8) is 0 Å². The zero-order chi connectivity index (χ0) is 14.7. The van der Waals surface area contributed by atoms with Crippen molar-refractivity contribution >= 4 is 57.1 Å². The minimum atomic E-state index is 0.447. The lowest BCUT2D eigenvalue weighted by Gasteiger charge is -2.00. The third-order valence-electron chi connectivity index (χ3n) is 2.45. The molecule has 0 bridgehead atoms. The second-order valence-corrected chi connectivity index (χ2v) is 6.49. The van der Waals surface area contributed by atoms with E-state index in [1.54, 1.807) is 0 Å². The first-order chi connectivity index (χ1) is 10.2. The van der Waals surface area contributed by atoms with Gasteiger partial charge in [0.1, 0.15) is 11.4 Å². The van der Waals surface area contributed by atoms with E-state index in [9.17, 15) is 0 Å². The molecule has 0 saturated heterocycles. The molecule has 0 fully saturated rings. The summed E-state index contributed by atoms with van der Waals surface area (Å²) in [5, 5.41) is 19.2. The number of halogens is 1. The smallest absolute Gasteiger partial charge is 0.233 e. The molecule has 2 N–H and O–H groups in total. The highest BCUT2D eigenvalue weighted by atomic mass is 35.5. The van der Waals surface area contributed by atoms with Gasteiger partial charge in [-0.15, -0.1) is 10.2 Å². The molecule has 2 heterocycles. The molecular formula is C12H8ClN5OS2. The van der Waals surface area contributed by atoms with Gasteiger partial charge in [0.15, 0.2) is 4.34 Å². The Labute approximate surface area is 132 Å². The number of aliphatic imine (C=N–C) groups is 1. The van der Waals surface area contributed by atoms with E-state index in [0.29, 0.717) is 14.5 Å². The van der Waals surface area contributed by atoms with Crippen molar-refractivity contribution in [2.75, 3.05) is 0 Å². The van der Waals surface area contributed by atoms with Gasteiger partial charge in [0, 0.05) is 10.4 Å². The molecule has 3 aromatic rings. The summed E-state index contributed by atoms with van der Waals surface area (Å²) in [5.74, 6) is 0. The van der Waals surface area contributed by atoms with Crippen LogP contribution in [0.4, 0.5) is 5.13 Å². The zero-order valence-corrected chi connectivity index (χ0v) is 12.8. The summed E-state index contributed by atoms with van der Waals surface area (Å²) in [5.41, 5.74) is 2.65. The Kier molecular flexibility index (Phi) is 4.30. The summed E-state index contributed by atoms with van der Waals surface area (Å²) in [6.45, 7) is 0. The number of pyridine rings is 1. The molecule has 0 amide bonds. The lowest BCUT2D eigenvalue weighted by atomic mass is 10.2. The predicted octanol–water partition coefficient (Wildman–Crippen LogP) is 3.53. The average molecular weight is 338 g/mol. The normalized spacial score (nSPS) is 11.3. The molecule has 6 nitrogen and oxygen atoms in total. The monoisotopic (exact) mass is 337 g/mol. The summed E-state index contributed by atoms with van der Waals surface area (Å²) in [7, 11) is 0. The van der Waals surface area contributed by atoms with Crippen LogP contribution in [-0.4, -0.2) is 26.7 Å². The Morgan fingerprint density at radius 2 is 2.14 bits per heavy atom. The molecule has 0 atom stereocenters. The summed E-state index contributed by atoms with van der Waals surface area (Å²) in [4.78, 5) is 8.39. The number of fused-ring (bicyclic) bond motifs is 1. The summed E-state index contributed by atoms with van der Waals surface area (Å²) >= 11 is 8.67. The van der Waals surface area contributed by atoms with Gasteiger partial charge in [-0.25, -0.2) is 9.98 Å². The van der Waals surface area contributed by atoms with Crippen LogP contribution in [0, 0.1) is 0 Å². The van der Waals surface area contributed by atoms with Crippen LogP contribution in [0.25, 0.3) is 10.9 Å². The maximum atomic E-state index is 8.42. The van der Waals surface area contributed by atoms with E-state index >= 15 is 0 Å². The quantitative estimate of drug-likeness (QED) is 0.430. The number of aromatic nitrogens is 3. The fourth-order valence-electron chi connectivity index (χ4n) is 1.60. The van der Waals surface area contributed by atoms with Gasteiger partial charge >= 0.3 is 0 Å². The molecule has 0 aliphatic heterocycles. The van der Waals surface area contributed by atoms with E-state index in [1.807, 2.05) is 35.8 Å². The summed E-state index contributed by atoms with van der Waals surface area (Å²) in [6.07, 6.45) is 1.13. The molecule has 0 aliphatic carbocycles. The van der Waals surface area contributed by atoms with Gasteiger partial charge in [0.05, 0.1) is 5.52 Å². The third kappa shape index (κ3) is 3.48. The standard InChI is InChI=1S/C12H8ClN5OS2/c13-8-3-1-7-2-4-10(16-9(7)5-8)20-12-18-17-11(21-12)14-6-15-19/h1-6,19H,(H,14,15,17). The molecular weight excluding hydrogens is 330 g/mol. The van der Waals surface area contributed by atoms with Gasteiger partial charge < -0.3 is 0 Å². The lowest BCUT2D eigenvalue weighted by Crippen LogP contribution is -2.00. The Morgan fingerprint density at radius 3 is 3.00 bits per heavy atom. The van der Waals surface area contributed by atoms with E-state index < -0.39 is 0 Å². The fourth-order valence-corrected chi connectivity index (χ4v) is 3.38. The van der Waals surface area contributed by atoms with Crippen molar-refractivity contribution in [1.29, 1.82) is 0 Å². The van der Waals surface area contributed by atoms with Crippen molar-refractivity contribution in [2.45, 2.75) is 9.37 Å². The zero-order valence-electron chi connectivity index (χ0n) is 10.4. The molecule has 2 aromatic heterocycles. The van der Waals surface area contributed by atoms with Crippen LogP contribution in [-0.2, 0) is 0 Å². The van der Waals surface area contributed by atoms with Crippen molar-refractivity contribution in [2.24, 2.45) is 4.99 Å². The number of hydroxylamine groups is 1. The molecule has 0 spiro atoms. The maximum absolute atomic E-state index is 8.42. The van der Waals surface area contributed by atoms with Crippen LogP contribution < -0.4 is 5.48 Å². The average Bonchev–Trinajstić information content (AvgIpc) is 2.92. The molecule has 3 rings (SSSR count). The fraction of sp³-hybridized carbons (Fsp3) is 0. The highest BCUT2D eigenvalue weighted by Gasteiger charge is 2.07.